The Balaban J connectivity index is 1.87. The second-order valence-electron chi connectivity index (χ2n) is 5.14. The van der Waals surface area contributed by atoms with E-state index in [1.807, 2.05) is 30.3 Å². The number of hydrogen-bond acceptors (Lipinski definition) is 4. The van der Waals surface area contributed by atoms with Gasteiger partial charge in [0.05, 0.1) is 11.6 Å². The van der Waals surface area contributed by atoms with Crippen LogP contribution in [0.15, 0.2) is 59.1 Å². The Kier molecular flexibility index (Phi) is 6.49. The zero-order valence-electron chi connectivity index (χ0n) is 13.4. The molecular weight excluding hydrogens is 384 g/mol. The fourth-order valence-electron chi connectivity index (χ4n) is 1.88. The van der Waals surface area contributed by atoms with E-state index in [0.29, 0.717) is 11.3 Å². The average Bonchev–Trinajstić information content (AvgIpc) is 2.61. The Labute approximate surface area is 154 Å². The van der Waals surface area contributed by atoms with Crippen molar-refractivity contribution in [2.24, 2.45) is 0 Å². The number of nitrogens with one attached hydrogen (secondary N) is 1. The number of hydrogen-bond donors (Lipinski definition) is 1. The van der Waals surface area contributed by atoms with Gasteiger partial charge >= 0.3 is 5.97 Å². The Hall–Kier alpha value is -2.91. The first-order valence-electron chi connectivity index (χ1n) is 7.43. The molecule has 0 aliphatic heterocycles. The highest BCUT2D eigenvalue weighted by molar-refractivity contribution is 9.10. The summed E-state index contributed by atoms with van der Waals surface area (Å²) in [5, 5.41) is 11.4. The molecule has 6 heteroatoms. The molecule has 1 N–H and O–H groups in total. The normalized spacial score (nSPS) is 11.6. The quantitative estimate of drug-likeness (QED) is 0.611. The highest BCUT2D eigenvalue weighted by Crippen LogP contribution is 2.12. The lowest BCUT2D eigenvalue weighted by Crippen LogP contribution is -2.29. The van der Waals surface area contributed by atoms with E-state index >= 15 is 0 Å². The van der Waals surface area contributed by atoms with Crippen LogP contribution in [0.4, 0.5) is 5.69 Å². The van der Waals surface area contributed by atoms with Gasteiger partial charge in [-0.1, -0.05) is 28.1 Å². The van der Waals surface area contributed by atoms with Crippen molar-refractivity contribution in [1.82, 2.24) is 0 Å². The van der Waals surface area contributed by atoms with Crippen molar-refractivity contribution >= 4 is 39.6 Å². The lowest BCUT2D eigenvalue weighted by molar-refractivity contribution is -0.148. The van der Waals surface area contributed by atoms with Gasteiger partial charge in [0.2, 0.25) is 0 Å². The summed E-state index contributed by atoms with van der Waals surface area (Å²) in [6.45, 7) is 1.49. The SMILES string of the molecule is C[C@H](OC(=O)/C=C/c1ccc(Br)cc1)C(=O)Nc1ccc(C#N)cc1. The van der Waals surface area contributed by atoms with E-state index < -0.39 is 18.0 Å². The van der Waals surface area contributed by atoms with E-state index in [2.05, 4.69) is 21.2 Å². The monoisotopic (exact) mass is 398 g/mol. The van der Waals surface area contributed by atoms with Crippen LogP contribution in [0.1, 0.15) is 18.1 Å². The van der Waals surface area contributed by atoms with Gasteiger partial charge in [-0.05, 0) is 55.0 Å². The molecule has 0 aliphatic rings. The number of anilines is 1. The van der Waals surface area contributed by atoms with Crippen molar-refractivity contribution in [1.29, 1.82) is 5.26 Å². The molecule has 0 heterocycles. The van der Waals surface area contributed by atoms with E-state index in [1.165, 1.54) is 13.0 Å². The molecule has 0 aliphatic carbocycles. The molecule has 0 radical (unpaired) electrons. The maximum absolute atomic E-state index is 12.0. The van der Waals surface area contributed by atoms with E-state index in [9.17, 15) is 9.59 Å². The summed E-state index contributed by atoms with van der Waals surface area (Å²) in [6.07, 6.45) is 1.94. The Morgan fingerprint density at radius 2 is 1.80 bits per heavy atom. The first-order chi connectivity index (χ1) is 12.0. The predicted molar refractivity (Wildman–Crippen MR) is 98.5 cm³/mol. The summed E-state index contributed by atoms with van der Waals surface area (Å²) in [6, 6.07) is 15.8. The summed E-state index contributed by atoms with van der Waals surface area (Å²) in [7, 11) is 0. The van der Waals surface area contributed by atoms with Crippen LogP contribution in [0.5, 0.6) is 0 Å². The number of carbonyl (C=O) groups is 2. The van der Waals surface area contributed by atoms with Gasteiger partial charge in [-0.25, -0.2) is 4.79 Å². The van der Waals surface area contributed by atoms with Crippen LogP contribution >= 0.6 is 15.9 Å². The van der Waals surface area contributed by atoms with Crippen LogP contribution in [0.3, 0.4) is 0 Å². The van der Waals surface area contributed by atoms with Crippen molar-refractivity contribution in [2.75, 3.05) is 5.32 Å². The molecule has 0 saturated carbocycles. The molecule has 2 aromatic carbocycles. The zero-order valence-corrected chi connectivity index (χ0v) is 15.0. The Morgan fingerprint density at radius 1 is 1.16 bits per heavy atom. The van der Waals surface area contributed by atoms with E-state index in [4.69, 9.17) is 10.00 Å². The number of nitrogens with zero attached hydrogens (tertiary/aromatic N) is 1. The van der Waals surface area contributed by atoms with Gasteiger partial charge in [-0.2, -0.15) is 5.26 Å². The van der Waals surface area contributed by atoms with Gasteiger partial charge in [0.15, 0.2) is 6.10 Å². The third-order valence-electron chi connectivity index (χ3n) is 3.23. The van der Waals surface area contributed by atoms with E-state index in [-0.39, 0.29) is 0 Å². The van der Waals surface area contributed by atoms with Crippen molar-refractivity contribution in [2.45, 2.75) is 13.0 Å². The number of nitriles is 1. The third-order valence-corrected chi connectivity index (χ3v) is 3.75. The van der Waals surface area contributed by atoms with Gasteiger partial charge in [0.1, 0.15) is 0 Å². The van der Waals surface area contributed by atoms with Crippen molar-refractivity contribution in [3.05, 3.63) is 70.2 Å². The minimum Gasteiger partial charge on any atom is -0.449 e. The van der Waals surface area contributed by atoms with Crippen LogP contribution in [-0.4, -0.2) is 18.0 Å². The number of ether oxygens (including phenoxy) is 1. The van der Waals surface area contributed by atoms with Gasteiger partial charge < -0.3 is 10.1 Å². The van der Waals surface area contributed by atoms with Crippen LogP contribution < -0.4 is 5.32 Å². The fourth-order valence-corrected chi connectivity index (χ4v) is 2.14. The number of benzene rings is 2. The molecular formula is C19H15BrN2O3. The van der Waals surface area contributed by atoms with Gasteiger partial charge in [0, 0.05) is 16.2 Å². The number of amides is 1. The van der Waals surface area contributed by atoms with Crippen LogP contribution in [0, 0.1) is 11.3 Å². The smallest absolute Gasteiger partial charge is 0.331 e. The summed E-state index contributed by atoms with van der Waals surface area (Å²) < 4.78 is 6.02. The first kappa shape index (κ1) is 18.4. The zero-order chi connectivity index (χ0) is 18.2. The van der Waals surface area contributed by atoms with Gasteiger partial charge in [0.25, 0.3) is 5.91 Å². The molecule has 5 nitrogen and oxygen atoms in total. The molecule has 2 aromatic rings. The lowest BCUT2D eigenvalue weighted by atomic mass is 10.2. The molecule has 0 bridgehead atoms. The van der Waals surface area contributed by atoms with Gasteiger partial charge in [-0.3, -0.25) is 4.79 Å². The summed E-state index contributed by atoms with van der Waals surface area (Å²) >= 11 is 3.33. The molecule has 0 saturated heterocycles. The van der Waals surface area contributed by atoms with E-state index in [1.54, 1.807) is 30.3 Å². The molecule has 2 rings (SSSR count). The molecule has 126 valence electrons. The number of esters is 1. The molecule has 0 spiro atoms. The van der Waals surface area contributed by atoms with Crippen molar-refractivity contribution in [3.63, 3.8) is 0 Å². The minimum atomic E-state index is -0.947. The van der Waals surface area contributed by atoms with Crippen LogP contribution in [0.2, 0.25) is 0 Å². The standard InChI is InChI=1S/C19H15BrN2O3/c1-13(19(24)22-17-9-4-15(12-21)5-10-17)25-18(23)11-6-14-2-7-16(20)8-3-14/h2-11,13H,1H3,(H,22,24)/b11-6+/t13-/m0/s1. The highest BCUT2D eigenvalue weighted by Gasteiger charge is 2.16. The van der Waals surface area contributed by atoms with Crippen LogP contribution in [0.25, 0.3) is 6.08 Å². The average molecular weight is 399 g/mol. The van der Waals surface area contributed by atoms with Gasteiger partial charge in [-0.15, -0.1) is 0 Å². The van der Waals surface area contributed by atoms with Crippen molar-refractivity contribution < 1.29 is 14.3 Å². The maximum Gasteiger partial charge on any atom is 0.331 e. The molecule has 1 atom stereocenters. The summed E-state index contributed by atoms with van der Waals surface area (Å²) in [5.41, 5.74) is 1.86. The summed E-state index contributed by atoms with van der Waals surface area (Å²) in [4.78, 5) is 23.8. The Morgan fingerprint density at radius 3 is 2.40 bits per heavy atom. The second-order valence-corrected chi connectivity index (χ2v) is 6.06. The molecule has 25 heavy (non-hydrogen) atoms. The molecule has 0 aromatic heterocycles. The topological polar surface area (TPSA) is 79.2 Å². The lowest BCUT2D eigenvalue weighted by Gasteiger charge is -2.12. The largest absolute Gasteiger partial charge is 0.449 e. The van der Waals surface area contributed by atoms with E-state index in [0.717, 1.165) is 10.0 Å². The fraction of sp³-hybridized carbons (Fsp3) is 0.105. The number of rotatable bonds is 5. The summed E-state index contributed by atoms with van der Waals surface area (Å²) in [5.74, 6) is -1.06. The maximum atomic E-state index is 12.0. The first-order valence-corrected chi connectivity index (χ1v) is 8.22. The molecule has 1 amide bonds. The minimum absolute atomic E-state index is 0.449. The number of carbonyl (C=O) groups excluding carboxylic acids is 2. The van der Waals surface area contributed by atoms with Crippen molar-refractivity contribution in [3.8, 4) is 6.07 Å². The molecule has 0 fully saturated rings. The highest BCUT2D eigenvalue weighted by atomic mass is 79.9. The number of halogens is 1. The second kappa shape index (κ2) is 8.81. The Bertz CT molecular complexity index is 821. The molecule has 0 unspecified atom stereocenters. The predicted octanol–water partition coefficient (Wildman–Crippen LogP) is 3.90. The third kappa shape index (κ3) is 5.90. The van der Waals surface area contributed by atoms with Crippen LogP contribution in [-0.2, 0) is 14.3 Å².